The zero-order valence-electron chi connectivity index (χ0n) is 17.8. The molecule has 1 aromatic carbocycles. The number of piperidine rings is 1. The first kappa shape index (κ1) is 20.5. The van der Waals surface area contributed by atoms with Crippen LogP contribution in [0, 0.1) is 13.8 Å². The standard InChI is InChI=1S/C23H30N6O/c1-17-21(18(2)29-23(26-17)24-16-25-29)10-11-22(30)27-20-9-6-13-28(15-20)14-12-19-7-4-3-5-8-19/h3-5,7-8,16,20H,6,9-15H2,1-2H3,(H,27,30). The highest BCUT2D eigenvalue weighted by atomic mass is 16.1. The Hall–Kier alpha value is -2.80. The third-order valence-corrected chi connectivity index (χ3v) is 6.02. The van der Waals surface area contributed by atoms with Crippen LogP contribution in [-0.2, 0) is 17.6 Å². The van der Waals surface area contributed by atoms with E-state index < -0.39 is 0 Å². The molecule has 1 atom stereocenters. The van der Waals surface area contributed by atoms with Crippen molar-refractivity contribution in [3.05, 3.63) is 59.2 Å². The Kier molecular flexibility index (Phi) is 6.38. The van der Waals surface area contributed by atoms with Crippen LogP contribution >= 0.6 is 0 Å². The van der Waals surface area contributed by atoms with Crippen LogP contribution in [0.15, 0.2) is 36.7 Å². The number of hydrogen-bond acceptors (Lipinski definition) is 5. The largest absolute Gasteiger partial charge is 0.352 e. The summed E-state index contributed by atoms with van der Waals surface area (Å²) in [5.41, 5.74) is 4.38. The lowest BCUT2D eigenvalue weighted by Gasteiger charge is -2.33. The molecule has 2 aromatic heterocycles. The molecule has 3 heterocycles. The molecular weight excluding hydrogens is 376 g/mol. The summed E-state index contributed by atoms with van der Waals surface area (Å²) in [4.78, 5) is 23.7. The molecule has 1 saturated heterocycles. The molecule has 1 N–H and O–H groups in total. The lowest BCUT2D eigenvalue weighted by atomic mass is 10.0. The van der Waals surface area contributed by atoms with Crippen molar-refractivity contribution in [1.29, 1.82) is 0 Å². The molecule has 0 radical (unpaired) electrons. The second-order valence-corrected chi connectivity index (χ2v) is 8.18. The Balaban J connectivity index is 1.27. The van der Waals surface area contributed by atoms with Crippen LogP contribution in [-0.4, -0.2) is 56.1 Å². The van der Waals surface area contributed by atoms with Crippen molar-refractivity contribution in [3.8, 4) is 0 Å². The van der Waals surface area contributed by atoms with Crippen molar-refractivity contribution in [2.24, 2.45) is 0 Å². The summed E-state index contributed by atoms with van der Waals surface area (Å²) in [5.74, 6) is 0.721. The number of likely N-dealkylation sites (tertiary alicyclic amines) is 1. The van der Waals surface area contributed by atoms with Gasteiger partial charge in [-0.2, -0.15) is 10.1 Å². The maximum absolute atomic E-state index is 12.6. The molecule has 1 unspecified atom stereocenters. The summed E-state index contributed by atoms with van der Waals surface area (Å²) in [6.07, 6.45) is 5.87. The average molecular weight is 407 g/mol. The van der Waals surface area contributed by atoms with Gasteiger partial charge in [-0.3, -0.25) is 4.79 Å². The first-order valence-corrected chi connectivity index (χ1v) is 10.8. The molecule has 1 fully saturated rings. The molecule has 1 aliphatic heterocycles. The number of rotatable bonds is 7. The summed E-state index contributed by atoms with van der Waals surface area (Å²) in [6.45, 7) is 7.07. The predicted molar refractivity (Wildman–Crippen MR) is 116 cm³/mol. The highest BCUT2D eigenvalue weighted by Crippen LogP contribution is 2.16. The molecule has 4 rings (SSSR count). The molecule has 7 nitrogen and oxygen atoms in total. The molecule has 30 heavy (non-hydrogen) atoms. The number of aryl methyl sites for hydroxylation is 2. The van der Waals surface area contributed by atoms with E-state index in [1.165, 1.54) is 11.9 Å². The molecule has 7 heteroatoms. The monoisotopic (exact) mass is 406 g/mol. The van der Waals surface area contributed by atoms with Crippen LogP contribution in [0.2, 0.25) is 0 Å². The smallest absolute Gasteiger partial charge is 0.252 e. The van der Waals surface area contributed by atoms with Crippen molar-refractivity contribution >= 4 is 11.7 Å². The van der Waals surface area contributed by atoms with E-state index in [-0.39, 0.29) is 11.9 Å². The Bertz CT molecular complexity index is 1000. The first-order chi connectivity index (χ1) is 14.6. The number of fused-ring (bicyclic) bond motifs is 1. The number of carbonyl (C=O) groups excluding carboxylic acids is 1. The first-order valence-electron chi connectivity index (χ1n) is 10.8. The van der Waals surface area contributed by atoms with Gasteiger partial charge in [-0.1, -0.05) is 30.3 Å². The van der Waals surface area contributed by atoms with Gasteiger partial charge < -0.3 is 10.2 Å². The molecule has 1 aliphatic rings. The summed E-state index contributed by atoms with van der Waals surface area (Å²) in [5, 5.41) is 7.48. The molecule has 3 aromatic rings. The number of amides is 1. The van der Waals surface area contributed by atoms with Gasteiger partial charge in [0.15, 0.2) is 0 Å². The fourth-order valence-corrected chi connectivity index (χ4v) is 4.36. The second-order valence-electron chi connectivity index (χ2n) is 8.18. The fourth-order valence-electron chi connectivity index (χ4n) is 4.36. The van der Waals surface area contributed by atoms with Gasteiger partial charge in [-0.25, -0.2) is 9.50 Å². The highest BCUT2D eigenvalue weighted by molar-refractivity contribution is 5.76. The van der Waals surface area contributed by atoms with Crippen LogP contribution in [0.5, 0.6) is 0 Å². The third kappa shape index (κ3) is 4.84. The van der Waals surface area contributed by atoms with Gasteiger partial charge in [0.25, 0.3) is 5.78 Å². The minimum absolute atomic E-state index is 0.113. The van der Waals surface area contributed by atoms with E-state index in [1.54, 1.807) is 4.52 Å². The van der Waals surface area contributed by atoms with Crippen LogP contribution in [0.25, 0.3) is 5.78 Å². The zero-order chi connectivity index (χ0) is 20.9. The minimum atomic E-state index is 0.113. The lowest BCUT2D eigenvalue weighted by molar-refractivity contribution is -0.122. The number of benzene rings is 1. The molecule has 0 spiro atoms. The van der Waals surface area contributed by atoms with E-state index in [2.05, 4.69) is 55.6 Å². The van der Waals surface area contributed by atoms with E-state index >= 15 is 0 Å². The minimum Gasteiger partial charge on any atom is -0.352 e. The zero-order valence-corrected chi connectivity index (χ0v) is 17.8. The number of aromatic nitrogens is 4. The summed E-state index contributed by atoms with van der Waals surface area (Å²) in [7, 11) is 0. The molecule has 158 valence electrons. The van der Waals surface area contributed by atoms with Gasteiger partial charge in [0.1, 0.15) is 6.33 Å². The van der Waals surface area contributed by atoms with E-state index in [9.17, 15) is 4.79 Å². The van der Waals surface area contributed by atoms with Gasteiger partial charge >= 0.3 is 0 Å². The Labute approximate surface area is 177 Å². The third-order valence-electron chi connectivity index (χ3n) is 6.02. The molecule has 0 aliphatic carbocycles. The van der Waals surface area contributed by atoms with Gasteiger partial charge in [0.05, 0.1) is 0 Å². The van der Waals surface area contributed by atoms with Crippen molar-refractivity contribution in [2.75, 3.05) is 19.6 Å². The molecule has 1 amide bonds. The van der Waals surface area contributed by atoms with Crippen molar-refractivity contribution in [1.82, 2.24) is 29.8 Å². The van der Waals surface area contributed by atoms with Gasteiger partial charge in [-0.15, -0.1) is 0 Å². The number of carbonyl (C=O) groups is 1. The highest BCUT2D eigenvalue weighted by Gasteiger charge is 2.21. The van der Waals surface area contributed by atoms with E-state index in [0.29, 0.717) is 18.6 Å². The molecular formula is C23H30N6O. The fraction of sp³-hybridized carbons (Fsp3) is 0.478. The average Bonchev–Trinajstić information content (AvgIpc) is 3.22. The van der Waals surface area contributed by atoms with Crippen LogP contribution < -0.4 is 5.32 Å². The van der Waals surface area contributed by atoms with Gasteiger partial charge in [-0.05, 0) is 57.2 Å². The number of nitrogens with one attached hydrogen (secondary N) is 1. The topological polar surface area (TPSA) is 75.4 Å². The second kappa shape index (κ2) is 9.34. The van der Waals surface area contributed by atoms with Crippen molar-refractivity contribution < 1.29 is 4.79 Å². The quantitative estimate of drug-likeness (QED) is 0.652. The number of hydrogen-bond donors (Lipinski definition) is 1. The van der Waals surface area contributed by atoms with Crippen molar-refractivity contribution in [2.45, 2.75) is 52.0 Å². The SMILES string of the molecule is Cc1nc2ncnn2c(C)c1CCC(=O)NC1CCCN(CCc2ccccc2)C1. The maximum atomic E-state index is 12.6. The predicted octanol–water partition coefficient (Wildman–Crippen LogP) is 2.50. The van der Waals surface area contributed by atoms with Crippen LogP contribution in [0.3, 0.4) is 0 Å². The van der Waals surface area contributed by atoms with Gasteiger partial charge in [0, 0.05) is 36.9 Å². The van der Waals surface area contributed by atoms with Gasteiger partial charge in [0.2, 0.25) is 5.91 Å². The Morgan fingerprint density at radius 3 is 2.87 bits per heavy atom. The molecule has 0 bridgehead atoms. The summed E-state index contributed by atoms with van der Waals surface area (Å²) >= 11 is 0. The Morgan fingerprint density at radius 2 is 2.03 bits per heavy atom. The lowest BCUT2D eigenvalue weighted by Crippen LogP contribution is -2.48. The normalized spacial score (nSPS) is 17.3. The number of nitrogens with zero attached hydrogens (tertiary/aromatic N) is 5. The van der Waals surface area contributed by atoms with E-state index in [4.69, 9.17) is 0 Å². The summed E-state index contributed by atoms with van der Waals surface area (Å²) in [6, 6.07) is 10.8. The van der Waals surface area contributed by atoms with Crippen molar-refractivity contribution in [3.63, 3.8) is 0 Å². The van der Waals surface area contributed by atoms with Crippen LogP contribution in [0.4, 0.5) is 0 Å². The molecule has 0 saturated carbocycles. The van der Waals surface area contributed by atoms with Crippen LogP contribution in [0.1, 0.15) is 41.8 Å². The van der Waals surface area contributed by atoms with E-state index in [0.717, 1.165) is 55.8 Å². The van der Waals surface area contributed by atoms with E-state index in [1.807, 2.05) is 13.8 Å². The maximum Gasteiger partial charge on any atom is 0.252 e. The summed E-state index contributed by atoms with van der Waals surface area (Å²) < 4.78 is 1.74. The Morgan fingerprint density at radius 1 is 1.20 bits per heavy atom.